The highest BCUT2D eigenvalue weighted by atomic mass is 32.2. The van der Waals surface area contributed by atoms with E-state index in [2.05, 4.69) is 10.9 Å². The molecule has 3 rings (SSSR count). The predicted molar refractivity (Wildman–Crippen MR) is 107 cm³/mol. The number of sulfone groups is 1. The van der Waals surface area contributed by atoms with Crippen molar-refractivity contribution < 1.29 is 22.4 Å². The molecule has 8 heteroatoms. The van der Waals surface area contributed by atoms with E-state index < -0.39 is 21.7 Å². The van der Waals surface area contributed by atoms with Crippen molar-refractivity contribution in [1.29, 1.82) is 0 Å². The van der Waals surface area contributed by atoms with Crippen LogP contribution >= 0.6 is 0 Å². The van der Waals surface area contributed by atoms with Gasteiger partial charge in [0.2, 0.25) is 0 Å². The van der Waals surface area contributed by atoms with Crippen molar-refractivity contribution in [2.45, 2.75) is 24.5 Å². The monoisotopic (exact) mass is 412 g/mol. The number of amides is 2. The molecule has 0 atom stereocenters. The van der Waals surface area contributed by atoms with Crippen molar-refractivity contribution in [2.24, 2.45) is 0 Å². The lowest BCUT2D eigenvalue weighted by atomic mass is 10.1. The van der Waals surface area contributed by atoms with Crippen LogP contribution in [0, 0.1) is 13.8 Å². The second-order valence-electron chi connectivity index (χ2n) is 6.55. The fourth-order valence-corrected chi connectivity index (χ4v) is 3.87. The minimum atomic E-state index is -3.59. The van der Waals surface area contributed by atoms with E-state index in [-0.39, 0.29) is 22.2 Å². The van der Waals surface area contributed by atoms with Gasteiger partial charge in [0.15, 0.2) is 15.6 Å². The Morgan fingerprint density at radius 1 is 0.862 bits per heavy atom. The van der Waals surface area contributed by atoms with Crippen LogP contribution in [0.4, 0.5) is 0 Å². The molecule has 0 aliphatic rings. The van der Waals surface area contributed by atoms with Gasteiger partial charge >= 0.3 is 5.91 Å². The molecule has 0 aliphatic carbocycles. The number of rotatable bonds is 5. The van der Waals surface area contributed by atoms with Gasteiger partial charge in [0.05, 0.1) is 4.90 Å². The first-order valence-electron chi connectivity index (χ1n) is 8.81. The standard InChI is InChI=1S/C21H20N2O5S/c1-14-8-9-16(12-15(14)2)20(24)22-23-21(25)19-11-10-17(28-19)13-29(26,27)18-6-4-3-5-7-18/h3-12H,13H2,1-2H3,(H,22,24)(H,23,25). The molecule has 2 N–H and O–H groups in total. The predicted octanol–water partition coefficient (Wildman–Crippen LogP) is 2.95. The Morgan fingerprint density at radius 2 is 1.55 bits per heavy atom. The van der Waals surface area contributed by atoms with Gasteiger partial charge in [-0.3, -0.25) is 20.4 Å². The second-order valence-corrected chi connectivity index (χ2v) is 8.53. The van der Waals surface area contributed by atoms with E-state index in [0.29, 0.717) is 5.56 Å². The van der Waals surface area contributed by atoms with Gasteiger partial charge < -0.3 is 4.42 Å². The molecule has 0 unspecified atom stereocenters. The summed E-state index contributed by atoms with van der Waals surface area (Å²) in [7, 11) is -3.59. The van der Waals surface area contributed by atoms with Crippen LogP contribution in [-0.2, 0) is 15.6 Å². The number of hydrazine groups is 1. The number of nitrogens with one attached hydrogen (secondary N) is 2. The van der Waals surface area contributed by atoms with Gasteiger partial charge in [0.25, 0.3) is 5.91 Å². The third kappa shape index (κ3) is 4.91. The maximum atomic E-state index is 12.4. The molecule has 2 aromatic carbocycles. The first-order valence-corrected chi connectivity index (χ1v) is 10.5. The third-order valence-electron chi connectivity index (χ3n) is 4.38. The Hall–Kier alpha value is -3.39. The topological polar surface area (TPSA) is 105 Å². The summed E-state index contributed by atoms with van der Waals surface area (Å²) < 4.78 is 30.1. The Balaban J connectivity index is 1.62. The number of carbonyl (C=O) groups is 2. The molecule has 1 heterocycles. The van der Waals surface area contributed by atoms with Gasteiger partial charge in [-0.25, -0.2) is 8.42 Å². The molecule has 29 heavy (non-hydrogen) atoms. The normalized spacial score (nSPS) is 11.1. The zero-order chi connectivity index (χ0) is 21.0. The first kappa shape index (κ1) is 20.3. The van der Waals surface area contributed by atoms with Crippen molar-refractivity contribution in [1.82, 2.24) is 10.9 Å². The smallest absolute Gasteiger partial charge is 0.305 e. The van der Waals surface area contributed by atoms with E-state index in [1.165, 1.54) is 24.3 Å². The lowest BCUT2D eigenvalue weighted by Gasteiger charge is -2.07. The summed E-state index contributed by atoms with van der Waals surface area (Å²) in [5, 5.41) is 0. The maximum absolute atomic E-state index is 12.4. The molecule has 0 aliphatic heterocycles. The summed E-state index contributed by atoms with van der Waals surface area (Å²) in [5.74, 6) is -1.52. The number of carbonyl (C=O) groups excluding carboxylic acids is 2. The van der Waals surface area contributed by atoms with Crippen LogP contribution in [0.2, 0.25) is 0 Å². The molecule has 0 spiro atoms. The average Bonchev–Trinajstić information content (AvgIpc) is 3.16. The fraction of sp³-hybridized carbons (Fsp3) is 0.143. The second kappa shape index (κ2) is 8.32. The lowest BCUT2D eigenvalue weighted by Crippen LogP contribution is -2.41. The molecule has 0 saturated heterocycles. The van der Waals surface area contributed by atoms with Crippen LogP contribution in [0.5, 0.6) is 0 Å². The van der Waals surface area contributed by atoms with Crippen LogP contribution in [-0.4, -0.2) is 20.2 Å². The summed E-state index contributed by atoms with van der Waals surface area (Å²) in [6, 6.07) is 15.9. The van der Waals surface area contributed by atoms with E-state index in [9.17, 15) is 18.0 Å². The molecule has 0 fully saturated rings. The lowest BCUT2D eigenvalue weighted by molar-refractivity contribution is 0.0830. The van der Waals surface area contributed by atoms with Gasteiger partial charge in [-0.1, -0.05) is 24.3 Å². The van der Waals surface area contributed by atoms with Crippen LogP contribution in [0.25, 0.3) is 0 Å². The number of hydrogen-bond donors (Lipinski definition) is 2. The summed E-state index contributed by atoms with van der Waals surface area (Å²) in [6.45, 7) is 3.82. The van der Waals surface area contributed by atoms with Crippen molar-refractivity contribution >= 4 is 21.7 Å². The van der Waals surface area contributed by atoms with Gasteiger partial charge in [-0.2, -0.15) is 0 Å². The van der Waals surface area contributed by atoms with Gasteiger partial charge in [0.1, 0.15) is 11.5 Å². The van der Waals surface area contributed by atoms with Crippen LogP contribution in [0.3, 0.4) is 0 Å². The van der Waals surface area contributed by atoms with Crippen LogP contribution in [0.1, 0.15) is 37.8 Å². The van der Waals surface area contributed by atoms with Gasteiger partial charge in [-0.15, -0.1) is 0 Å². The summed E-state index contributed by atoms with van der Waals surface area (Å²) in [5.41, 5.74) is 6.99. The molecular formula is C21H20N2O5S. The number of hydrogen-bond acceptors (Lipinski definition) is 5. The average molecular weight is 412 g/mol. The molecular weight excluding hydrogens is 392 g/mol. The fourth-order valence-electron chi connectivity index (χ4n) is 2.61. The van der Waals surface area contributed by atoms with E-state index in [4.69, 9.17) is 4.42 Å². The molecule has 0 bridgehead atoms. The van der Waals surface area contributed by atoms with E-state index in [1.54, 1.807) is 30.3 Å². The Morgan fingerprint density at radius 3 is 2.24 bits per heavy atom. The highest BCUT2D eigenvalue weighted by Crippen LogP contribution is 2.18. The highest BCUT2D eigenvalue weighted by molar-refractivity contribution is 7.90. The molecule has 150 valence electrons. The van der Waals surface area contributed by atoms with E-state index >= 15 is 0 Å². The number of furan rings is 1. The summed E-state index contributed by atoms with van der Waals surface area (Å²) in [6.07, 6.45) is 0. The van der Waals surface area contributed by atoms with Crippen molar-refractivity contribution in [3.05, 3.63) is 88.9 Å². The molecule has 7 nitrogen and oxygen atoms in total. The zero-order valence-corrected chi connectivity index (χ0v) is 16.7. The third-order valence-corrected chi connectivity index (χ3v) is 6.03. The van der Waals surface area contributed by atoms with Gasteiger partial charge in [0, 0.05) is 5.56 Å². The molecule has 1 aromatic heterocycles. The number of benzene rings is 2. The van der Waals surface area contributed by atoms with Crippen LogP contribution < -0.4 is 10.9 Å². The SMILES string of the molecule is Cc1ccc(C(=O)NNC(=O)c2ccc(CS(=O)(=O)c3ccccc3)o2)cc1C. The number of aryl methyl sites for hydroxylation is 2. The van der Waals surface area contributed by atoms with E-state index in [1.807, 2.05) is 19.9 Å². The van der Waals surface area contributed by atoms with Crippen molar-refractivity contribution in [3.8, 4) is 0 Å². The first-order chi connectivity index (χ1) is 13.8. The quantitative estimate of drug-likeness (QED) is 0.627. The Kier molecular flexibility index (Phi) is 5.84. The Labute approximate surface area is 168 Å². The summed E-state index contributed by atoms with van der Waals surface area (Å²) in [4.78, 5) is 24.5. The largest absolute Gasteiger partial charge is 0.455 e. The summed E-state index contributed by atoms with van der Waals surface area (Å²) >= 11 is 0. The molecule has 2 amide bonds. The van der Waals surface area contributed by atoms with E-state index in [0.717, 1.165) is 11.1 Å². The minimum Gasteiger partial charge on any atom is -0.455 e. The van der Waals surface area contributed by atoms with Crippen molar-refractivity contribution in [2.75, 3.05) is 0 Å². The highest BCUT2D eigenvalue weighted by Gasteiger charge is 2.19. The van der Waals surface area contributed by atoms with Crippen LogP contribution in [0.15, 0.2) is 70.0 Å². The van der Waals surface area contributed by atoms with Gasteiger partial charge in [-0.05, 0) is 61.4 Å². The molecule has 0 saturated carbocycles. The zero-order valence-electron chi connectivity index (χ0n) is 15.9. The molecule has 3 aromatic rings. The molecule has 0 radical (unpaired) electrons. The Bertz CT molecular complexity index is 1150. The maximum Gasteiger partial charge on any atom is 0.305 e. The van der Waals surface area contributed by atoms with Crippen molar-refractivity contribution in [3.63, 3.8) is 0 Å². The minimum absolute atomic E-state index is 0.108.